The Kier molecular flexibility index (Phi) is 3.36. The van der Waals surface area contributed by atoms with Gasteiger partial charge in [-0.1, -0.05) is 0 Å². The van der Waals surface area contributed by atoms with Crippen molar-refractivity contribution in [3.63, 3.8) is 0 Å². The molecule has 0 N–H and O–H groups in total. The smallest absolute Gasteiger partial charge is 0.258 e. The SMILES string of the molecule is Cc1c([N+](=O)[O-])c([N+](=O)[O-])cc([N+](=O)[O-])c1[N+](=O)[O-]. The Balaban J connectivity index is 3.91. The van der Waals surface area contributed by atoms with Gasteiger partial charge in [-0.15, -0.1) is 0 Å². The van der Waals surface area contributed by atoms with Crippen LogP contribution in [0.2, 0.25) is 0 Å². The third-order valence-electron chi connectivity index (χ3n) is 2.23. The van der Waals surface area contributed by atoms with Crippen molar-refractivity contribution in [3.05, 3.63) is 52.1 Å². The Bertz CT molecular complexity index is 574. The zero-order valence-corrected chi connectivity index (χ0v) is 9.13. The zero-order chi connectivity index (χ0) is 14.9. The van der Waals surface area contributed by atoms with Crippen LogP contribution in [0.1, 0.15) is 5.56 Å². The van der Waals surface area contributed by atoms with E-state index in [2.05, 4.69) is 0 Å². The third kappa shape index (κ3) is 2.26. The van der Waals surface area contributed by atoms with E-state index in [0.717, 1.165) is 6.92 Å². The van der Waals surface area contributed by atoms with E-state index in [1.807, 2.05) is 0 Å². The van der Waals surface area contributed by atoms with E-state index < -0.39 is 48.0 Å². The molecule has 0 bridgehead atoms. The molecule has 1 aromatic carbocycles. The Morgan fingerprint density at radius 3 is 1.26 bits per heavy atom. The maximum absolute atomic E-state index is 10.7. The predicted molar refractivity (Wildman–Crippen MR) is 57.8 cm³/mol. The van der Waals surface area contributed by atoms with Crippen LogP contribution in [0.4, 0.5) is 22.7 Å². The number of rotatable bonds is 4. The highest BCUT2D eigenvalue weighted by atomic mass is 16.6. The molecule has 0 unspecified atom stereocenters. The van der Waals surface area contributed by atoms with Crippen LogP contribution < -0.4 is 0 Å². The summed E-state index contributed by atoms with van der Waals surface area (Å²) in [5.41, 5.74) is -5.35. The summed E-state index contributed by atoms with van der Waals surface area (Å²) in [5.74, 6) is 0. The van der Waals surface area contributed by atoms with Crippen LogP contribution in [0.5, 0.6) is 0 Å². The topological polar surface area (TPSA) is 173 Å². The molecule has 12 nitrogen and oxygen atoms in total. The van der Waals surface area contributed by atoms with Gasteiger partial charge in [-0.25, -0.2) is 0 Å². The van der Waals surface area contributed by atoms with E-state index in [1.54, 1.807) is 0 Å². The van der Waals surface area contributed by atoms with Crippen LogP contribution in [0, 0.1) is 47.4 Å². The number of nitro groups is 4. The lowest BCUT2D eigenvalue weighted by molar-refractivity contribution is -0.435. The minimum Gasteiger partial charge on any atom is -0.258 e. The van der Waals surface area contributed by atoms with Gasteiger partial charge in [-0.2, -0.15) is 0 Å². The normalized spacial score (nSPS) is 9.95. The second kappa shape index (κ2) is 4.59. The monoisotopic (exact) mass is 272 g/mol. The molecule has 19 heavy (non-hydrogen) atoms. The van der Waals surface area contributed by atoms with Gasteiger partial charge in [0.1, 0.15) is 11.6 Å². The number of hydrogen-bond donors (Lipinski definition) is 0. The van der Waals surface area contributed by atoms with E-state index in [9.17, 15) is 40.5 Å². The molecular weight excluding hydrogens is 268 g/mol. The average Bonchev–Trinajstić information content (AvgIpc) is 2.25. The Labute approximate surface area is 102 Å². The van der Waals surface area contributed by atoms with Gasteiger partial charge in [0.2, 0.25) is 0 Å². The van der Waals surface area contributed by atoms with Gasteiger partial charge in [0, 0.05) is 0 Å². The van der Waals surface area contributed by atoms with Crippen molar-refractivity contribution < 1.29 is 19.7 Å². The molecule has 0 aliphatic carbocycles. The highest BCUT2D eigenvalue weighted by Gasteiger charge is 2.40. The van der Waals surface area contributed by atoms with Crippen LogP contribution >= 0.6 is 0 Å². The zero-order valence-electron chi connectivity index (χ0n) is 9.13. The number of nitrogens with zero attached hydrogens (tertiary/aromatic N) is 4. The molecule has 0 aliphatic rings. The molecule has 0 spiro atoms. The largest absolute Gasteiger partial charge is 0.356 e. The van der Waals surface area contributed by atoms with Gasteiger partial charge in [0.15, 0.2) is 0 Å². The minimum absolute atomic E-state index is 0.212. The number of benzene rings is 1. The van der Waals surface area contributed by atoms with E-state index in [-0.39, 0.29) is 6.07 Å². The Hall–Kier alpha value is -3.18. The summed E-state index contributed by atoms with van der Waals surface area (Å²) < 4.78 is 0. The number of nitro benzene ring substituents is 4. The Morgan fingerprint density at radius 2 is 1.05 bits per heavy atom. The molecule has 0 atom stereocenters. The predicted octanol–water partition coefficient (Wildman–Crippen LogP) is 1.63. The fraction of sp³-hybridized carbons (Fsp3) is 0.143. The molecule has 0 amide bonds. The van der Waals surface area contributed by atoms with Crippen molar-refractivity contribution in [1.82, 2.24) is 0 Å². The molecule has 0 heterocycles. The molecule has 0 aliphatic heterocycles. The fourth-order valence-electron chi connectivity index (χ4n) is 1.50. The van der Waals surface area contributed by atoms with Gasteiger partial charge >= 0.3 is 22.7 Å². The highest BCUT2D eigenvalue weighted by molar-refractivity contribution is 5.73. The summed E-state index contributed by atoms with van der Waals surface area (Å²) in [5, 5.41) is 42.7. The summed E-state index contributed by atoms with van der Waals surface area (Å²) in [6.45, 7) is 0.844. The minimum atomic E-state index is -1.21. The molecule has 0 saturated heterocycles. The first-order valence-corrected chi connectivity index (χ1v) is 4.43. The quantitative estimate of drug-likeness (QED) is 0.586. The lowest BCUT2D eigenvalue weighted by Crippen LogP contribution is -2.05. The van der Waals surface area contributed by atoms with Gasteiger partial charge in [0.25, 0.3) is 0 Å². The summed E-state index contributed by atoms with van der Waals surface area (Å²) in [4.78, 5) is 37.9. The van der Waals surface area contributed by atoms with Crippen molar-refractivity contribution in [2.75, 3.05) is 0 Å². The molecule has 0 aromatic heterocycles. The van der Waals surface area contributed by atoms with Crippen molar-refractivity contribution in [2.24, 2.45) is 0 Å². The molecule has 0 fully saturated rings. The van der Waals surface area contributed by atoms with Crippen LogP contribution in [0.15, 0.2) is 6.07 Å². The Morgan fingerprint density at radius 1 is 0.737 bits per heavy atom. The summed E-state index contributed by atoms with van der Waals surface area (Å²) in [7, 11) is 0. The van der Waals surface area contributed by atoms with Gasteiger partial charge in [0.05, 0.1) is 19.7 Å². The lowest BCUT2D eigenvalue weighted by Gasteiger charge is -2.01. The second-order valence-corrected chi connectivity index (χ2v) is 3.27. The fourth-order valence-corrected chi connectivity index (χ4v) is 1.50. The van der Waals surface area contributed by atoms with Gasteiger partial charge < -0.3 is 0 Å². The van der Waals surface area contributed by atoms with E-state index in [0.29, 0.717) is 0 Å². The molecule has 100 valence electrons. The second-order valence-electron chi connectivity index (χ2n) is 3.27. The van der Waals surface area contributed by atoms with Crippen LogP contribution in [-0.4, -0.2) is 19.7 Å². The molecule has 0 saturated carbocycles. The third-order valence-corrected chi connectivity index (χ3v) is 2.23. The first kappa shape index (κ1) is 13.9. The molecule has 0 radical (unpaired) electrons. The van der Waals surface area contributed by atoms with E-state index >= 15 is 0 Å². The van der Waals surface area contributed by atoms with Crippen molar-refractivity contribution in [2.45, 2.75) is 6.92 Å². The average molecular weight is 272 g/mol. The molecule has 12 heteroatoms. The van der Waals surface area contributed by atoms with Gasteiger partial charge in [-0.3, -0.25) is 40.5 Å². The molecule has 1 aromatic rings. The van der Waals surface area contributed by atoms with Crippen molar-refractivity contribution >= 4 is 22.7 Å². The van der Waals surface area contributed by atoms with Crippen molar-refractivity contribution in [1.29, 1.82) is 0 Å². The lowest BCUT2D eigenvalue weighted by atomic mass is 10.1. The summed E-state index contributed by atoms with van der Waals surface area (Å²) >= 11 is 0. The maximum atomic E-state index is 10.7. The standard InChI is InChI=1S/C7H4N4O8/c1-3-6(10(16)17)4(8(12)13)2-5(9(14)15)7(3)11(18)19/h2H,1H3. The first-order chi connectivity index (χ1) is 8.68. The van der Waals surface area contributed by atoms with Crippen LogP contribution in [0.25, 0.3) is 0 Å². The molecular formula is C7H4N4O8. The summed E-state index contributed by atoms with van der Waals surface area (Å²) in [6, 6.07) is 0.212. The van der Waals surface area contributed by atoms with Crippen LogP contribution in [0.3, 0.4) is 0 Å². The maximum Gasteiger partial charge on any atom is 0.356 e. The van der Waals surface area contributed by atoms with Crippen LogP contribution in [-0.2, 0) is 0 Å². The van der Waals surface area contributed by atoms with Crippen molar-refractivity contribution in [3.8, 4) is 0 Å². The molecule has 1 rings (SSSR count). The van der Waals surface area contributed by atoms with E-state index in [4.69, 9.17) is 0 Å². The highest BCUT2D eigenvalue weighted by Crippen LogP contribution is 2.42. The summed E-state index contributed by atoms with van der Waals surface area (Å²) in [6.07, 6.45) is 0. The number of hydrogen-bond acceptors (Lipinski definition) is 8. The van der Waals surface area contributed by atoms with Gasteiger partial charge in [-0.05, 0) is 6.92 Å². The van der Waals surface area contributed by atoms with E-state index in [1.165, 1.54) is 0 Å². The first-order valence-electron chi connectivity index (χ1n) is 4.43.